The van der Waals surface area contributed by atoms with Gasteiger partial charge in [0, 0.05) is 18.7 Å². The SMILES string of the molecule is CCCCCCCN(C(=O)C(Cc1ccc(O)cc1)NC(=O)OC(C)(C)C)C(C(=O)Nc1ccc(OC)cc1)c1ccc(C)cc1. The largest absolute Gasteiger partial charge is 0.508 e. The van der Waals surface area contributed by atoms with Gasteiger partial charge in [-0.3, -0.25) is 9.59 Å². The molecule has 3 aromatic rings. The number of phenols is 1. The van der Waals surface area contributed by atoms with Crippen LogP contribution in [0.2, 0.25) is 0 Å². The zero-order valence-corrected chi connectivity index (χ0v) is 28.0. The Balaban J connectivity index is 2.05. The minimum Gasteiger partial charge on any atom is -0.508 e. The van der Waals surface area contributed by atoms with Gasteiger partial charge in [0.1, 0.15) is 29.2 Å². The number of anilines is 1. The molecule has 0 radical (unpaired) electrons. The van der Waals surface area contributed by atoms with Gasteiger partial charge in [-0.25, -0.2) is 4.79 Å². The Kier molecular flexibility index (Phi) is 13.5. The van der Waals surface area contributed by atoms with E-state index >= 15 is 0 Å². The van der Waals surface area contributed by atoms with Crippen molar-refractivity contribution in [3.8, 4) is 11.5 Å². The molecule has 0 aliphatic heterocycles. The van der Waals surface area contributed by atoms with E-state index in [0.717, 1.165) is 36.8 Å². The number of carbonyl (C=O) groups is 3. The third-order valence-corrected chi connectivity index (χ3v) is 7.46. The van der Waals surface area contributed by atoms with Crippen molar-refractivity contribution in [1.29, 1.82) is 0 Å². The average Bonchev–Trinajstić information content (AvgIpc) is 3.01. The first-order chi connectivity index (χ1) is 21.9. The topological polar surface area (TPSA) is 117 Å². The molecular formula is C37H49N3O6. The molecule has 2 atom stereocenters. The summed E-state index contributed by atoms with van der Waals surface area (Å²) in [5.74, 6) is -0.0428. The van der Waals surface area contributed by atoms with Crippen LogP contribution < -0.4 is 15.4 Å². The molecule has 2 unspecified atom stereocenters. The first kappa shape index (κ1) is 35.9. The number of phenolic OH excluding ortho intramolecular Hbond substituents is 1. The minimum absolute atomic E-state index is 0.0927. The van der Waals surface area contributed by atoms with E-state index < -0.39 is 29.7 Å². The van der Waals surface area contributed by atoms with Crippen LogP contribution in [-0.2, 0) is 20.7 Å². The maximum Gasteiger partial charge on any atom is 0.408 e. The number of nitrogens with zero attached hydrogens (tertiary/aromatic N) is 1. The highest BCUT2D eigenvalue weighted by Gasteiger charge is 2.36. The monoisotopic (exact) mass is 631 g/mol. The summed E-state index contributed by atoms with van der Waals surface area (Å²) in [5, 5.41) is 15.6. The van der Waals surface area contributed by atoms with E-state index in [9.17, 15) is 19.5 Å². The number of aryl methyl sites for hydroxylation is 1. The number of unbranched alkanes of at least 4 members (excludes halogenated alkanes) is 4. The number of benzene rings is 3. The van der Waals surface area contributed by atoms with Crippen molar-refractivity contribution < 1.29 is 29.0 Å². The number of hydrogen-bond donors (Lipinski definition) is 3. The molecule has 9 nitrogen and oxygen atoms in total. The molecule has 0 spiro atoms. The smallest absolute Gasteiger partial charge is 0.408 e. The van der Waals surface area contributed by atoms with E-state index in [0.29, 0.717) is 30.0 Å². The number of methoxy groups -OCH3 is 1. The van der Waals surface area contributed by atoms with Crippen molar-refractivity contribution in [1.82, 2.24) is 10.2 Å². The van der Waals surface area contributed by atoms with Crippen LogP contribution in [0.5, 0.6) is 11.5 Å². The first-order valence-electron chi connectivity index (χ1n) is 16.0. The summed E-state index contributed by atoms with van der Waals surface area (Å²) in [6.07, 6.45) is 4.14. The van der Waals surface area contributed by atoms with Crippen molar-refractivity contribution in [3.63, 3.8) is 0 Å². The van der Waals surface area contributed by atoms with E-state index in [1.165, 1.54) is 12.1 Å². The highest BCUT2D eigenvalue weighted by atomic mass is 16.6. The van der Waals surface area contributed by atoms with Crippen LogP contribution in [0.3, 0.4) is 0 Å². The van der Waals surface area contributed by atoms with Crippen LogP contribution in [0.25, 0.3) is 0 Å². The lowest BCUT2D eigenvalue weighted by Crippen LogP contribution is -2.53. The summed E-state index contributed by atoms with van der Waals surface area (Å²) < 4.78 is 10.8. The zero-order valence-electron chi connectivity index (χ0n) is 28.0. The Bertz CT molecular complexity index is 1400. The molecule has 3 N–H and O–H groups in total. The molecule has 3 rings (SSSR count). The Morgan fingerprint density at radius 3 is 2.09 bits per heavy atom. The minimum atomic E-state index is -1.04. The Labute approximate surface area is 273 Å². The molecule has 0 fully saturated rings. The van der Waals surface area contributed by atoms with Gasteiger partial charge in [-0.1, -0.05) is 74.6 Å². The lowest BCUT2D eigenvalue weighted by Gasteiger charge is -2.35. The molecular weight excluding hydrogens is 582 g/mol. The van der Waals surface area contributed by atoms with E-state index in [4.69, 9.17) is 9.47 Å². The van der Waals surface area contributed by atoms with Gasteiger partial charge in [0.15, 0.2) is 0 Å². The van der Waals surface area contributed by atoms with Crippen molar-refractivity contribution in [3.05, 3.63) is 89.5 Å². The molecule has 9 heteroatoms. The van der Waals surface area contributed by atoms with Crippen LogP contribution in [0.1, 0.15) is 82.5 Å². The van der Waals surface area contributed by atoms with E-state index in [1.54, 1.807) is 69.2 Å². The van der Waals surface area contributed by atoms with Crippen LogP contribution >= 0.6 is 0 Å². The van der Waals surface area contributed by atoms with E-state index in [-0.39, 0.29) is 18.1 Å². The highest BCUT2D eigenvalue weighted by Crippen LogP contribution is 2.27. The fourth-order valence-electron chi connectivity index (χ4n) is 5.08. The lowest BCUT2D eigenvalue weighted by atomic mass is 9.98. The number of carbonyl (C=O) groups excluding carboxylic acids is 3. The normalized spacial score (nSPS) is 12.5. The number of alkyl carbamates (subject to hydrolysis) is 1. The number of ether oxygens (including phenoxy) is 2. The van der Waals surface area contributed by atoms with Crippen LogP contribution in [-0.4, -0.2) is 53.2 Å². The van der Waals surface area contributed by atoms with E-state index in [2.05, 4.69) is 17.6 Å². The molecule has 3 amide bonds. The second-order valence-corrected chi connectivity index (χ2v) is 12.5. The zero-order chi connectivity index (χ0) is 33.7. The van der Waals surface area contributed by atoms with Crippen LogP contribution in [0, 0.1) is 6.92 Å². The van der Waals surface area contributed by atoms with Gasteiger partial charge < -0.3 is 30.1 Å². The van der Waals surface area contributed by atoms with Gasteiger partial charge in [-0.15, -0.1) is 0 Å². The molecule has 46 heavy (non-hydrogen) atoms. The summed E-state index contributed by atoms with van der Waals surface area (Å²) in [6.45, 7) is 9.67. The second-order valence-electron chi connectivity index (χ2n) is 12.5. The fourth-order valence-corrected chi connectivity index (χ4v) is 5.08. The van der Waals surface area contributed by atoms with Crippen LogP contribution in [0.15, 0.2) is 72.8 Å². The van der Waals surface area contributed by atoms with Gasteiger partial charge >= 0.3 is 6.09 Å². The van der Waals surface area contributed by atoms with Crippen molar-refractivity contribution in [2.24, 2.45) is 0 Å². The third-order valence-electron chi connectivity index (χ3n) is 7.46. The molecule has 0 aliphatic rings. The quantitative estimate of drug-likeness (QED) is 0.151. The molecule has 0 bridgehead atoms. The number of hydrogen-bond acceptors (Lipinski definition) is 6. The number of nitrogens with one attached hydrogen (secondary N) is 2. The van der Waals surface area contributed by atoms with Crippen LogP contribution in [0.4, 0.5) is 10.5 Å². The summed E-state index contributed by atoms with van der Waals surface area (Å²) in [7, 11) is 1.57. The number of aromatic hydroxyl groups is 1. The van der Waals surface area contributed by atoms with Crippen molar-refractivity contribution in [2.45, 2.75) is 90.8 Å². The predicted molar refractivity (Wildman–Crippen MR) is 181 cm³/mol. The molecule has 0 saturated heterocycles. The van der Waals surface area contributed by atoms with Crippen molar-refractivity contribution in [2.75, 3.05) is 19.0 Å². The Morgan fingerprint density at radius 2 is 1.50 bits per heavy atom. The lowest BCUT2D eigenvalue weighted by molar-refractivity contribution is -0.140. The summed E-state index contributed by atoms with van der Waals surface area (Å²) in [4.78, 5) is 43.5. The number of amides is 3. The van der Waals surface area contributed by atoms with Gasteiger partial charge in [0.2, 0.25) is 5.91 Å². The third kappa shape index (κ3) is 11.4. The molecule has 248 valence electrons. The highest BCUT2D eigenvalue weighted by molar-refractivity contribution is 5.99. The Morgan fingerprint density at radius 1 is 0.870 bits per heavy atom. The van der Waals surface area contributed by atoms with Gasteiger partial charge in [-0.2, -0.15) is 0 Å². The summed E-state index contributed by atoms with van der Waals surface area (Å²) in [6, 6.07) is 19.0. The molecule has 0 aromatic heterocycles. The standard InChI is InChI=1S/C37H49N3O6/c1-7-8-9-10-11-24-40(35(43)32(39-36(44)46-37(3,4)5)25-27-14-20-30(41)21-15-27)33(28-16-12-26(2)13-17-28)34(42)38-29-18-22-31(45-6)23-19-29/h12-23,32-33,41H,7-11,24-25H2,1-6H3,(H,38,42)(H,39,44). The van der Waals surface area contributed by atoms with Gasteiger partial charge in [-0.05, 0) is 81.6 Å². The number of rotatable bonds is 15. The Hall–Kier alpha value is -4.53. The maximum atomic E-state index is 14.7. The maximum absolute atomic E-state index is 14.7. The predicted octanol–water partition coefficient (Wildman–Crippen LogP) is 7.32. The van der Waals surface area contributed by atoms with Crippen molar-refractivity contribution >= 4 is 23.6 Å². The summed E-state index contributed by atoms with van der Waals surface area (Å²) in [5.41, 5.74) is 2.18. The second kappa shape index (κ2) is 17.2. The summed E-state index contributed by atoms with van der Waals surface area (Å²) >= 11 is 0. The van der Waals surface area contributed by atoms with Gasteiger partial charge in [0.25, 0.3) is 5.91 Å². The molecule has 0 aliphatic carbocycles. The molecule has 0 heterocycles. The fraction of sp³-hybridized carbons (Fsp3) is 0.432. The molecule has 3 aromatic carbocycles. The average molecular weight is 632 g/mol. The molecule has 0 saturated carbocycles. The van der Waals surface area contributed by atoms with E-state index in [1.807, 2.05) is 31.2 Å². The first-order valence-corrected chi connectivity index (χ1v) is 16.0. The van der Waals surface area contributed by atoms with Gasteiger partial charge in [0.05, 0.1) is 7.11 Å².